The van der Waals surface area contributed by atoms with Gasteiger partial charge in [-0.05, 0) is 29.8 Å². The van der Waals surface area contributed by atoms with Gasteiger partial charge in [0.25, 0.3) is 0 Å². The van der Waals surface area contributed by atoms with Crippen molar-refractivity contribution in [3.8, 4) is 11.8 Å². The Morgan fingerprint density at radius 2 is 1.89 bits per heavy atom. The SMILES string of the molecule is NCC#Cc1ccc(CSCc2ccc(Cl)cc2)s1. The van der Waals surface area contributed by atoms with E-state index in [1.165, 1.54) is 10.4 Å². The van der Waals surface area contributed by atoms with E-state index < -0.39 is 0 Å². The predicted octanol–water partition coefficient (Wildman–Crippen LogP) is 4.15. The third kappa shape index (κ3) is 4.93. The average Bonchev–Trinajstić information content (AvgIpc) is 2.87. The highest BCUT2D eigenvalue weighted by Gasteiger charge is 1.99. The van der Waals surface area contributed by atoms with Crippen molar-refractivity contribution in [2.24, 2.45) is 5.73 Å². The molecule has 98 valence electrons. The molecule has 0 saturated carbocycles. The van der Waals surface area contributed by atoms with Crippen molar-refractivity contribution in [3.05, 3.63) is 56.7 Å². The second-order valence-corrected chi connectivity index (χ2v) is 6.48. The zero-order valence-electron chi connectivity index (χ0n) is 10.4. The molecule has 0 fully saturated rings. The predicted molar refractivity (Wildman–Crippen MR) is 86.7 cm³/mol. The molecule has 1 nitrogen and oxygen atoms in total. The lowest BCUT2D eigenvalue weighted by Gasteiger charge is -2.00. The van der Waals surface area contributed by atoms with Crippen molar-refractivity contribution >= 4 is 34.7 Å². The lowest BCUT2D eigenvalue weighted by molar-refractivity contribution is 1.30. The summed E-state index contributed by atoms with van der Waals surface area (Å²) in [5.74, 6) is 7.94. The molecule has 2 rings (SSSR count). The van der Waals surface area contributed by atoms with Crippen molar-refractivity contribution in [1.82, 2.24) is 0 Å². The fourth-order valence-corrected chi connectivity index (χ4v) is 3.63. The third-order valence-corrected chi connectivity index (χ3v) is 4.89. The summed E-state index contributed by atoms with van der Waals surface area (Å²) in [6.07, 6.45) is 0. The topological polar surface area (TPSA) is 26.0 Å². The van der Waals surface area contributed by atoms with E-state index in [1.54, 1.807) is 11.3 Å². The molecule has 1 aromatic heterocycles. The van der Waals surface area contributed by atoms with E-state index in [9.17, 15) is 0 Å². The number of benzene rings is 1. The van der Waals surface area contributed by atoms with Crippen LogP contribution in [0.1, 0.15) is 15.3 Å². The smallest absolute Gasteiger partial charge is 0.0772 e. The maximum atomic E-state index is 5.86. The molecule has 0 atom stereocenters. The van der Waals surface area contributed by atoms with E-state index in [4.69, 9.17) is 17.3 Å². The van der Waals surface area contributed by atoms with Crippen molar-refractivity contribution in [1.29, 1.82) is 0 Å². The number of hydrogen-bond donors (Lipinski definition) is 1. The molecule has 0 aliphatic carbocycles. The summed E-state index contributed by atoms with van der Waals surface area (Å²) in [5, 5.41) is 0.787. The van der Waals surface area contributed by atoms with Gasteiger partial charge in [-0.1, -0.05) is 35.6 Å². The maximum Gasteiger partial charge on any atom is 0.0772 e. The zero-order chi connectivity index (χ0) is 13.5. The summed E-state index contributed by atoms with van der Waals surface area (Å²) in [7, 11) is 0. The van der Waals surface area contributed by atoms with Crippen LogP contribution in [0.3, 0.4) is 0 Å². The van der Waals surface area contributed by atoms with Gasteiger partial charge in [-0.2, -0.15) is 11.8 Å². The van der Waals surface area contributed by atoms with Crippen molar-refractivity contribution in [2.75, 3.05) is 6.54 Å². The summed E-state index contributed by atoms with van der Waals surface area (Å²) >= 11 is 9.50. The van der Waals surface area contributed by atoms with Gasteiger partial charge in [0.15, 0.2) is 0 Å². The van der Waals surface area contributed by atoms with Crippen LogP contribution in [-0.2, 0) is 11.5 Å². The summed E-state index contributed by atoms with van der Waals surface area (Å²) in [6.45, 7) is 0.415. The molecule has 1 heterocycles. The highest BCUT2D eigenvalue weighted by atomic mass is 35.5. The molecule has 0 radical (unpaired) electrons. The molecule has 0 aliphatic heterocycles. The van der Waals surface area contributed by atoms with Gasteiger partial charge >= 0.3 is 0 Å². The quantitative estimate of drug-likeness (QED) is 0.859. The van der Waals surface area contributed by atoms with Crippen LogP contribution in [0, 0.1) is 11.8 Å². The van der Waals surface area contributed by atoms with Crippen molar-refractivity contribution < 1.29 is 0 Å². The number of thiophene rings is 1. The number of thioether (sulfide) groups is 1. The Bertz CT molecular complexity index is 578. The standard InChI is InChI=1S/C15H14ClNS2/c16-13-5-3-12(4-6-13)10-18-11-15-8-7-14(19-15)2-1-9-17/h3-8H,9-11,17H2. The fourth-order valence-electron chi connectivity index (χ4n) is 1.51. The molecule has 1 aromatic carbocycles. The first kappa shape index (κ1) is 14.5. The molecule has 0 amide bonds. The van der Waals surface area contributed by atoms with Crippen LogP contribution in [0.15, 0.2) is 36.4 Å². The van der Waals surface area contributed by atoms with E-state index in [-0.39, 0.29) is 0 Å². The molecular weight excluding hydrogens is 294 g/mol. The Kier molecular flexibility index (Phi) is 5.81. The van der Waals surface area contributed by atoms with Crippen LogP contribution in [0.4, 0.5) is 0 Å². The fraction of sp³-hybridized carbons (Fsp3) is 0.200. The van der Waals surface area contributed by atoms with Gasteiger partial charge in [-0.15, -0.1) is 11.3 Å². The van der Waals surface area contributed by atoms with Crippen molar-refractivity contribution in [2.45, 2.75) is 11.5 Å². The zero-order valence-corrected chi connectivity index (χ0v) is 12.7. The first-order chi connectivity index (χ1) is 9.28. The second kappa shape index (κ2) is 7.62. The summed E-state index contributed by atoms with van der Waals surface area (Å²) < 4.78 is 0. The van der Waals surface area contributed by atoms with Crippen molar-refractivity contribution in [3.63, 3.8) is 0 Å². The van der Waals surface area contributed by atoms with Gasteiger partial charge in [0.05, 0.1) is 11.4 Å². The van der Waals surface area contributed by atoms with Gasteiger partial charge in [0.2, 0.25) is 0 Å². The van der Waals surface area contributed by atoms with Gasteiger partial charge < -0.3 is 5.73 Å². The Morgan fingerprint density at radius 3 is 2.63 bits per heavy atom. The molecule has 19 heavy (non-hydrogen) atoms. The summed E-state index contributed by atoms with van der Waals surface area (Å²) in [4.78, 5) is 2.44. The minimum Gasteiger partial charge on any atom is -0.320 e. The van der Waals surface area contributed by atoms with E-state index in [2.05, 4.69) is 36.1 Å². The van der Waals surface area contributed by atoms with Crippen LogP contribution >= 0.6 is 34.7 Å². The summed E-state index contributed by atoms with van der Waals surface area (Å²) in [5.41, 5.74) is 6.66. The average molecular weight is 308 g/mol. The Hall–Kier alpha value is -0.920. The summed E-state index contributed by atoms with van der Waals surface area (Å²) in [6, 6.07) is 12.2. The van der Waals surface area contributed by atoms with Gasteiger partial charge in [-0.25, -0.2) is 0 Å². The Morgan fingerprint density at radius 1 is 1.11 bits per heavy atom. The second-order valence-electron chi connectivity index (χ2n) is 3.89. The largest absolute Gasteiger partial charge is 0.320 e. The molecule has 2 aromatic rings. The minimum atomic E-state index is 0.415. The van der Waals surface area contributed by atoms with E-state index in [0.29, 0.717) is 6.54 Å². The van der Waals surface area contributed by atoms with E-state index in [0.717, 1.165) is 21.4 Å². The monoisotopic (exact) mass is 307 g/mol. The molecule has 2 N–H and O–H groups in total. The van der Waals surface area contributed by atoms with Crippen LogP contribution in [0.25, 0.3) is 0 Å². The van der Waals surface area contributed by atoms with Crippen LogP contribution in [-0.4, -0.2) is 6.54 Å². The first-order valence-electron chi connectivity index (χ1n) is 5.88. The molecule has 0 unspecified atom stereocenters. The molecular formula is C15H14ClNS2. The number of halogens is 1. The highest BCUT2D eigenvalue weighted by molar-refractivity contribution is 7.97. The Labute approximate surface area is 127 Å². The molecule has 4 heteroatoms. The minimum absolute atomic E-state index is 0.415. The van der Waals surface area contributed by atoms with Crippen LogP contribution < -0.4 is 5.73 Å². The lowest BCUT2D eigenvalue weighted by atomic mass is 10.2. The number of rotatable bonds is 4. The number of nitrogens with two attached hydrogens (primary N) is 1. The van der Waals surface area contributed by atoms with Gasteiger partial charge in [0, 0.05) is 21.4 Å². The van der Waals surface area contributed by atoms with E-state index in [1.807, 2.05) is 23.9 Å². The normalized spacial score (nSPS) is 10.0. The van der Waals surface area contributed by atoms with Gasteiger partial charge in [0.1, 0.15) is 0 Å². The van der Waals surface area contributed by atoms with E-state index >= 15 is 0 Å². The third-order valence-electron chi connectivity index (χ3n) is 2.40. The highest BCUT2D eigenvalue weighted by Crippen LogP contribution is 2.24. The number of hydrogen-bond acceptors (Lipinski definition) is 3. The van der Waals surface area contributed by atoms with Gasteiger partial charge in [-0.3, -0.25) is 0 Å². The first-order valence-corrected chi connectivity index (χ1v) is 8.22. The lowest BCUT2D eigenvalue weighted by Crippen LogP contribution is -1.92. The molecule has 0 spiro atoms. The molecule has 0 aliphatic rings. The van der Waals surface area contributed by atoms with Crippen LogP contribution in [0.5, 0.6) is 0 Å². The molecule has 0 bridgehead atoms. The maximum absolute atomic E-state index is 5.86. The van der Waals surface area contributed by atoms with Crippen LogP contribution in [0.2, 0.25) is 5.02 Å². The Balaban J connectivity index is 1.82. The molecule has 0 saturated heterocycles.